The molecule has 0 bridgehead atoms. The summed E-state index contributed by atoms with van der Waals surface area (Å²) in [7, 11) is 1.73. The van der Waals surface area contributed by atoms with E-state index in [1.807, 2.05) is 26.0 Å². The first kappa shape index (κ1) is 14.8. The van der Waals surface area contributed by atoms with Gasteiger partial charge in [-0.05, 0) is 19.9 Å². The number of ether oxygens (including phenoxy) is 1. The van der Waals surface area contributed by atoms with Gasteiger partial charge < -0.3 is 20.1 Å². The van der Waals surface area contributed by atoms with Crippen molar-refractivity contribution in [1.29, 1.82) is 0 Å². The van der Waals surface area contributed by atoms with E-state index in [1.54, 1.807) is 24.1 Å². The van der Waals surface area contributed by atoms with Crippen LogP contribution in [0.4, 0.5) is 0 Å². The third-order valence-corrected chi connectivity index (χ3v) is 3.90. The highest BCUT2D eigenvalue weighted by Gasteiger charge is 2.33. The predicted octanol–water partition coefficient (Wildman–Crippen LogP) is 1.29. The van der Waals surface area contributed by atoms with Crippen LogP contribution in [-0.2, 0) is 9.53 Å². The molecule has 1 aromatic carbocycles. The third kappa shape index (κ3) is 3.11. The van der Waals surface area contributed by atoms with E-state index in [9.17, 15) is 9.90 Å². The normalized spacial score (nSPS) is 18.1. The number of nitrogens with one attached hydrogen (secondary N) is 1. The molecule has 1 fully saturated rings. The summed E-state index contributed by atoms with van der Waals surface area (Å²) in [6, 6.07) is 6.87. The second kappa shape index (κ2) is 5.81. The van der Waals surface area contributed by atoms with Crippen LogP contribution < -0.4 is 5.32 Å². The van der Waals surface area contributed by atoms with Gasteiger partial charge in [0.1, 0.15) is 12.4 Å². The SMILES string of the molecule is CC(c1ccccc1O)N(C)C(=O)COC1(C)CNC1. The highest BCUT2D eigenvalue weighted by atomic mass is 16.5. The van der Waals surface area contributed by atoms with Gasteiger partial charge in [0, 0.05) is 25.7 Å². The summed E-state index contributed by atoms with van der Waals surface area (Å²) in [5.41, 5.74) is 0.508. The number of hydrogen-bond donors (Lipinski definition) is 2. The molecule has 2 N–H and O–H groups in total. The van der Waals surface area contributed by atoms with Crippen molar-refractivity contribution in [3.63, 3.8) is 0 Å². The monoisotopic (exact) mass is 278 g/mol. The van der Waals surface area contributed by atoms with Gasteiger partial charge in [-0.3, -0.25) is 4.79 Å². The molecule has 1 unspecified atom stereocenters. The Labute approximate surface area is 119 Å². The fourth-order valence-corrected chi connectivity index (χ4v) is 2.18. The number of likely N-dealkylation sites (N-methyl/N-ethyl adjacent to an activating group) is 1. The zero-order chi connectivity index (χ0) is 14.8. The van der Waals surface area contributed by atoms with Crippen molar-refractivity contribution in [2.24, 2.45) is 0 Å². The average molecular weight is 278 g/mol. The van der Waals surface area contributed by atoms with Crippen molar-refractivity contribution < 1.29 is 14.6 Å². The molecule has 0 saturated carbocycles. The van der Waals surface area contributed by atoms with E-state index < -0.39 is 0 Å². The number of rotatable bonds is 5. The van der Waals surface area contributed by atoms with Gasteiger partial charge in [0.05, 0.1) is 11.6 Å². The number of hydrogen-bond acceptors (Lipinski definition) is 4. The molecule has 110 valence electrons. The highest BCUT2D eigenvalue weighted by molar-refractivity contribution is 5.77. The van der Waals surface area contributed by atoms with Gasteiger partial charge in [-0.25, -0.2) is 0 Å². The quantitative estimate of drug-likeness (QED) is 0.852. The largest absolute Gasteiger partial charge is 0.508 e. The molecule has 5 heteroatoms. The van der Waals surface area contributed by atoms with E-state index in [0.717, 1.165) is 18.7 Å². The maximum Gasteiger partial charge on any atom is 0.248 e. The summed E-state index contributed by atoms with van der Waals surface area (Å²) in [5, 5.41) is 13.0. The summed E-state index contributed by atoms with van der Waals surface area (Å²) in [6.07, 6.45) is 0. The molecule has 1 atom stereocenters. The maximum absolute atomic E-state index is 12.2. The molecule has 0 aliphatic carbocycles. The summed E-state index contributed by atoms with van der Waals surface area (Å²) in [5.74, 6) is 0.115. The summed E-state index contributed by atoms with van der Waals surface area (Å²) in [4.78, 5) is 13.8. The van der Waals surface area contributed by atoms with Gasteiger partial charge in [0.15, 0.2) is 0 Å². The molecule has 1 aromatic rings. The molecule has 5 nitrogen and oxygen atoms in total. The number of para-hydroxylation sites is 1. The van der Waals surface area contributed by atoms with Crippen molar-refractivity contribution in [3.05, 3.63) is 29.8 Å². The molecule has 20 heavy (non-hydrogen) atoms. The van der Waals surface area contributed by atoms with Crippen molar-refractivity contribution in [3.8, 4) is 5.75 Å². The maximum atomic E-state index is 12.2. The Balaban J connectivity index is 1.94. The summed E-state index contributed by atoms with van der Waals surface area (Å²) in [6.45, 7) is 5.49. The lowest BCUT2D eigenvalue weighted by Gasteiger charge is -2.39. The van der Waals surface area contributed by atoms with Gasteiger partial charge in [-0.1, -0.05) is 18.2 Å². The first-order chi connectivity index (χ1) is 9.43. The Kier molecular flexibility index (Phi) is 4.30. The topological polar surface area (TPSA) is 61.8 Å². The number of nitrogens with zero attached hydrogens (tertiary/aromatic N) is 1. The van der Waals surface area contributed by atoms with Gasteiger partial charge in [0.25, 0.3) is 0 Å². The molecule has 1 aliphatic heterocycles. The van der Waals surface area contributed by atoms with Crippen LogP contribution in [0.15, 0.2) is 24.3 Å². The van der Waals surface area contributed by atoms with Crippen molar-refractivity contribution in [1.82, 2.24) is 10.2 Å². The molecule has 0 radical (unpaired) electrons. The molecule has 1 amide bonds. The zero-order valence-electron chi connectivity index (χ0n) is 12.2. The Morgan fingerprint density at radius 3 is 2.70 bits per heavy atom. The average Bonchev–Trinajstić information content (AvgIpc) is 2.41. The smallest absolute Gasteiger partial charge is 0.248 e. The standard InChI is InChI=1S/C15H22N2O3/c1-11(12-6-4-5-7-13(12)18)17(3)14(19)8-20-15(2)9-16-10-15/h4-7,11,16,18H,8-10H2,1-3H3. The van der Waals surface area contributed by atoms with Crippen LogP contribution in [0.25, 0.3) is 0 Å². The zero-order valence-corrected chi connectivity index (χ0v) is 12.2. The fourth-order valence-electron chi connectivity index (χ4n) is 2.18. The first-order valence-corrected chi connectivity index (χ1v) is 6.81. The lowest BCUT2D eigenvalue weighted by atomic mass is 10.0. The van der Waals surface area contributed by atoms with E-state index in [4.69, 9.17) is 4.74 Å². The van der Waals surface area contributed by atoms with Crippen LogP contribution in [-0.4, -0.2) is 48.3 Å². The molecule has 1 saturated heterocycles. The second-order valence-corrected chi connectivity index (χ2v) is 5.58. The lowest BCUT2D eigenvalue weighted by molar-refractivity contribution is -0.146. The fraction of sp³-hybridized carbons (Fsp3) is 0.533. The van der Waals surface area contributed by atoms with Crippen molar-refractivity contribution >= 4 is 5.91 Å². The Morgan fingerprint density at radius 2 is 2.15 bits per heavy atom. The molecule has 1 heterocycles. The van der Waals surface area contributed by atoms with Crippen LogP contribution in [0.2, 0.25) is 0 Å². The molecular formula is C15H22N2O3. The van der Waals surface area contributed by atoms with Crippen LogP contribution in [0.1, 0.15) is 25.5 Å². The van der Waals surface area contributed by atoms with Gasteiger partial charge in [-0.15, -0.1) is 0 Å². The van der Waals surface area contributed by atoms with Gasteiger partial charge in [-0.2, -0.15) is 0 Å². The van der Waals surface area contributed by atoms with E-state index in [2.05, 4.69) is 5.32 Å². The molecule has 1 aliphatic rings. The van der Waals surface area contributed by atoms with Crippen LogP contribution in [0, 0.1) is 0 Å². The van der Waals surface area contributed by atoms with E-state index >= 15 is 0 Å². The van der Waals surface area contributed by atoms with Crippen LogP contribution in [0.3, 0.4) is 0 Å². The number of benzene rings is 1. The third-order valence-electron chi connectivity index (χ3n) is 3.90. The predicted molar refractivity (Wildman–Crippen MR) is 76.5 cm³/mol. The summed E-state index contributed by atoms with van der Waals surface area (Å²) < 4.78 is 5.65. The van der Waals surface area contributed by atoms with Crippen molar-refractivity contribution in [2.75, 3.05) is 26.7 Å². The number of amides is 1. The van der Waals surface area contributed by atoms with E-state index in [1.165, 1.54) is 0 Å². The molecule has 0 aromatic heterocycles. The molecule has 2 rings (SSSR count). The van der Waals surface area contributed by atoms with E-state index in [-0.39, 0.29) is 29.9 Å². The number of carbonyl (C=O) groups is 1. The van der Waals surface area contributed by atoms with Crippen LogP contribution >= 0.6 is 0 Å². The Morgan fingerprint density at radius 1 is 1.50 bits per heavy atom. The molecular weight excluding hydrogens is 256 g/mol. The minimum absolute atomic E-state index is 0.0621. The van der Waals surface area contributed by atoms with Crippen molar-refractivity contribution in [2.45, 2.75) is 25.5 Å². The van der Waals surface area contributed by atoms with Crippen LogP contribution in [0.5, 0.6) is 5.75 Å². The van der Waals surface area contributed by atoms with E-state index in [0.29, 0.717) is 0 Å². The number of phenols is 1. The summed E-state index contributed by atoms with van der Waals surface area (Å²) >= 11 is 0. The Bertz CT molecular complexity index is 486. The van der Waals surface area contributed by atoms with Gasteiger partial charge in [0.2, 0.25) is 5.91 Å². The number of carbonyl (C=O) groups excluding carboxylic acids is 1. The number of phenolic OH excluding ortho intramolecular Hbond substituents is 1. The number of aromatic hydroxyl groups is 1. The minimum Gasteiger partial charge on any atom is -0.508 e. The minimum atomic E-state index is -0.228. The highest BCUT2D eigenvalue weighted by Crippen LogP contribution is 2.27. The lowest BCUT2D eigenvalue weighted by Crippen LogP contribution is -2.59. The van der Waals surface area contributed by atoms with Gasteiger partial charge >= 0.3 is 0 Å². The first-order valence-electron chi connectivity index (χ1n) is 6.81. The Hall–Kier alpha value is -1.59. The second-order valence-electron chi connectivity index (χ2n) is 5.58. The molecule has 0 spiro atoms.